The molecule has 0 saturated heterocycles. The van der Waals surface area contributed by atoms with E-state index in [1.165, 1.54) is 16.6 Å². The number of benzene rings is 1. The molecule has 1 aliphatic heterocycles. The largest absolute Gasteiger partial charge is 0.511 e. The fourth-order valence-corrected chi connectivity index (χ4v) is 6.42. The molecular weight excluding hydrogens is 464 g/mol. The van der Waals surface area contributed by atoms with Gasteiger partial charge >= 0.3 is 5.97 Å². The van der Waals surface area contributed by atoms with Gasteiger partial charge in [0.05, 0.1) is 6.61 Å². The van der Waals surface area contributed by atoms with Crippen LogP contribution >= 0.6 is 23.1 Å². The van der Waals surface area contributed by atoms with Gasteiger partial charge < -0.3 is 14.9 Å². The van der Waals surface area contributed by atoms with E-state index in [-0.39, 0.29) is 22.7 Å². The maximum Gasteiger partial charge on any atom is 0.349 e. The molecule has 0 bridgehead atoms. The molecule has 0 saturated carbocycles. The number of cyclic esters (lactones) is 1. The van der Waals surface area contributed by atoms with Gasteiger partial charge in [-0.05, 0) is 72.2 Å². The number of hydrogen-bond acceptors (Lipinski definition) is 6. The van der Waals surface area contributed by atoms with Gasteiger partial charge in [0.1, 0.15) is 16.3 Å². The van der Waals surface area contributed by atoms with Crippen LogP contribution in [0.15, 0.2) is 45.2 Å². The van der Waals surface area contributed by atoms with Crippen molar-refractivity contribution >= 4 is 29.1 Å². The Morgan fingerprint density at radius 3 is 2.56 bits per heavy atom. The molecule has 0 aliphatic carbocycles. The standard InChI is InChI=1S/C28H38O4S2/c1-6-7-8-12-28(13-11-21-10-9-14-33-21)17-23(30)25(26(31)32-28)34-24-15-19(2)20(18-29)16-22(24)27(3,4)5/h9-10,14-16,29-30H,6-8,11-13,17-18H2,1-5H3. The van der Waals surface area contributed by atoms with Gasteiger partial charge in [-0.2, -0.15) is 0 Å². The highest BCUT2D eigenvalue weighted by atomic mass is 32.2. The number of aryl methyl sites for hydroxylation is 2. The molecule has 1 aromatic heterocycles. The van der Waals surface area contributed by atoms with Crippen molar-refractivity contribution in [2.45, 2.75) is 102 Å². The van der Waals surface area contributed by atoms with Gasteiger partial charge in [-0.15, -0.1) is 11.3 Å². The van der Waals surface area contributed by atoms with E-state index in [0.717, 1.165) is 53.7 Å². The summed E-state index contributed by atoms with van der Waals surface area (Å²) in [6.07, 6.45) is 5.81. The molecule has 2 heterocycles. The molecule has 2 aromatic rings. The number of unbranched alkanes of at least 4 members (excludes halogenated alkanes) is 2. The maximum absolute atomic E-state index is 13.3. The number of carbonyl (C=O) groups is 1. The number of thiophene rings is 1. The minimum Gasteiger partial charge on any atom is -0.511 e. The third kappa shape index (κ3) is 6.46. The Balaban J connectivity index is 1.90. The van der Waals surface area contributed by atoms with Crippen molar-refractivity contribution < 1.29 is 19.7 Å². The Hall–Kier alpha value is -1.76. The van der Waals surface area contributed by atoms with E-state index >= 15 is 0 Å². The fourth-order valence-electron chi connectivity index (χ4n) is 4.47. The van der Waals surface area contributed by atoms with Crippen LogP contribution in [-0.4, -0.2) is 21.8 Å². The van der Waals surface area contributed by atoms with E-state index in [0.29, 0.717) is 12.8 Å². The summed E-state index contributed by atoms with van der Waals surface area (Å²) in [4.78, 5) is 15.8. The summed E-state index contributed by atoms with van der Waals surface area (Å²) < 4.78 is 6.16. The van der Waals surface area contributed by atoms with Gasteiger partial charge in [-0.3, -0.25) is 0 Å². The summed E-state index contributed by atoms with van der Waals surface area (Å²) in [5.74, 6) is -0.298. The second-order valence-corrected chi connectivity index (χ2v) is 12.4. The number of rotatable bonds is 10. The molecular formula is C28H38O4S2. The van der Waals surface area contributed by atoms with Crippen molar-refractivity contribution in [2.24, 2.45) is 0 Å². The van der Waals surface area contributed by atoms with Crippen molar-refractivity contribution in [3.8, 4) is 0 Å². The molecule has 0 spiro atoms. The molecule has 2 N–H and O–H groups in total. The van der Waals surface area contributed by atoms with E-state index in [1.807, 2.05) is 25.1 Å². The highest BCUT2D eigenvalue weighted by Crippen LogP contribution is 2.45. The van der Waals surface area contributed by atoms with Crippen molar-refractivity contribution in [1.82, 2.24) is 0 Å². The average Bonchev–Trinajstić information content (AvgIpc) is 3.28. The molecule has 1 aliphatic rings. The number of thioether (sulfide) groups is 1. The highest BCUT2D eigenvalue weighted by Gasteiger charge is 2.42. The number of esters is 1. The molecule has 3 rings (SSSR count). The average molecular weight is 503 g/mol. The molecule has 0 fully saturated rings. The Morgan fingerprint density at radius 1 is 1.21 bits per heavy atom. The van der Waals surface area contributed by atoms with Crippen molar-refractivity contribution in [3.05, 3.63) is 61.9 Å². The lowest BCUT2D eigenvalue weighted by molar-refractivity contribution is -0.159. The highest BCUT2D eigenvalue weighted by molar-refractivity contribution is 8.04. The first kappa shape index (κ1) is 26.8. The molecule has 4 nitrogen and oxygen atoms in total. The molecule has 1 aromatic carbocycles. The summed E-state index contributed by atoms with van der Waals surface area (Å²) in [5.41, 5.74) is 2.04. The van der Waals surface area contributed by atoms with E-state index in [1.54, 1.807) is 11.3 Å². The van der Waals surface area contributed by atoms with Crippen LogP contribution in [0.25, 0.3) is 0 Å². The summed E-state index contributed by atoms with van der Waals surface area (Å²) in [7, 11) is 0. The van der Waals surface area contributed by atoms with Crippen LogP contribution in [0.5, 0.6) is 0 Å². The van der Waals surface area contributed by atoms with Crippen LogP contribution in [0.3, 0.4) is 0 Å². The number of carbonyl (C=O) groups excluding carboxylic acids is 1. The van der Waals surface area contributed by atoms with Crippen molar-refractivity contribution in [1.29, 1.82) is 0 Å². The van der Waals surface area contributed by atoms with Crippen LogP contribution in [0.1, 0.15) is 87.8 Å². The first-order chi connectivity index (χ1) is 16.1. The summed E-state index contributed by atoms with van der Waals surface area (Å²) in [6.45, 7) is 10.4. The van der Waals surface area contributed by atoms with E-state index in [2.05, 4.69) is 39.1 Å². The molecule has 0 radical (unpaired) electrons. The second-order valence-electron chi connectivity index (χ2n) is 10.3. The maximum atomic E-state index is 13.3. The third-order valence-electron chi connectivity index (χ3n) is 6.52. The van der Waals surface area contributed by atoms with Crippen LogP contribution in [0.2, 0.25) is 0 Å². The summed E-state index contributed by atoms with van der Waals surface area (Å²) in [6, 6.07) is 8.17. The third-order valence-corrected chi connectivity index (χ3v) is 8.62. The first-order valence-electron chi connectivity index (χ1n) is 12.2. The SMILES string of the molecule is CCCCCC1(CCc2cccs2)CC(O)=C(Sc2cc(C)c(CO)cc2C(C)(C)C)C(=O)O1. The predicted molar refractivity (Wildman–Crippen MR) is 142 cm³/mol. The van der Waals surface area contributed by atoms with Gasteiger partial charge in [0.2, 0.25) is 0 Å². The summed E-state index contributed by atoms with van der Waals surface area (Å²) in [5, 5.41) is 22.9. The molecule has 186 valence electrons. The Morgan fingerprint density at radius 2 is 1.97 bits per heavy atom. The zero-order chi connectivity index (χ0) is 24.9. The molecule has 1 atom stereocenters. The first-order valence-corrected chi connectivity index (χ1v) is 13.9. The normalized spacial score (nSPS) is 18.9. The van der Waals surface area contributed by atoms with Gasteiger partial charge in [-0.25, -0.2) is 4.79 Å². The zero-order valence-corrected chi connectivity index (χ0v) is 22.7. The van der Waals surface area contributed by atoms with E-state index < -0.39 is 11.6 Å². The minimum absolute atomic E-state index is 0.0274. The Kier molecular flexibility index (Phi) is 8.93. The molecule has 0 amide bonds. The molecule has 6 heteroatoms. The quantitative estimate of drug-likeness (QED) is 0.258. The molecule has 34 heavy (non-hydrogen) atoms. The van der Waals surface area contributed by atoms with Crippen LogP contribution in [0.4, 0.5) is 0 Å². The smallest absolute Gasteiger partial charge is 0.349 e. The topological polar surface area (TPSA) is 66.8 Å². The number of hydrogen-bond donors (Lipinski definition) is 2. The monoisotopic (exact) mass is 502 g/mol. The fraction of sp³-hybridized carbons (Fsp3) is 0.536. The van der Waals surface area contributed by atoms with Crippen LogP contribution in [-0.2, 0) is 28.0 Å². The van der Waals surface area contributed by atoms with Gasteiger partial charge in [-0.1, -0.05) is 64.4 Å². The zero-order valence-electron chi connectivity index (χ0n) is 21.1. The number of aliphatic hydroxyl groups is 2. The number of ether oxygens (including phenoxy) is 1. The molecule has 1 unspecified atom stereocenters. The van der Waals surface area contributed by atoms with Gasteiger partial charge in [0, 0.05) is 16.2 Å². The lowest BCUT2D eigenvalue weighted by Crippen LogP contribution is -2.40. The minimum atomic E-state index is -0.659. The summed E-state index contributed by atoms with van der Waals surface area (Å²) >= 11 is 3.00. The van der Waals surface area contributed by atoms with Crippen LogP contribution < -0.4 is 0 Å². The van der Waals surface area contributed by atoms with Gasteiger partial charge in [0.25, 0.3) is 0 Å². The Labute approximate surface area is 212 Å². The second kappa shape index (κ2) is 11.3. The van der Waals surface area contributed by atoms with E-state index in [4.69, 9.17) is 4.74 Å². The Bertz CT molecular complexity index is 1020. The van der Waals surface area contributed by atoms with E-state index in [9.17, 15) is 15.0 Å². The van der Waals surface area contributed by atoms with Crippen LogP contribution in [0, 0.1) is 6.92 Å². The van der Waals surface area contributed by atoms with Gasteiger partial charge in [0.15, 0.2) is 0 Å². The number of aliphatic hydroxyl groups excluding tert-OH is 2. The van der Waals surface area contributed by atoms with Crippen molar-refractivity contribution in [2.75, 3.05) is 0 Å². The predicted octanol–water partition coefficient (Wildman–Crippen LogP) is 7.61. The van der Waals surface area contributed by atoms with Crippen molar-refractivity contribution in [3.63, 3.8) is 0 Å². The lowest BCUT2D eigenvalue weighted by Gasteiger charge is -2.37. The lowest BCUT2D eigenvalue weighted by atomic mass is 9.85.